The molecule has 0 fully saturated rings. The molecule has 0 aliphatic rings. The van der Waals surface area contributed by atoms with Gasteiger partial charge in [0.05, 0.1) is 5.56 Å². The molecule has 0 saturated heterocycles. The zero-order valence-electron chi connectivity index (χ0n) is 12.6. The second kappa shape index (κ2) is 7.44. The summed E-state index contributed by atoms with van der Waals surface area (Å²) in [5.41, 5.74) is 3.63. The van der Waals surface area contributed by atoms with Gasteiger partial charge in [-0.3, -0.25) is 4.79 Å². The van der Waals surface area contributed by atoms with E-state index in [0.29, 0.717) is 5.56 Å². The van der Waals surface area contributed by atoms with Crippen LogP contribution in [0.2, 0.25) is 0 Å². The Balaban J connectivity index is 0.00000220. The molecule has 0 bridgehead atoms. The van der Waals surface area contributed by atoms with Crippen LogP contribution >= 0.6 is 8.03 Å². The topological polar surface area (TPSA) is 57.2 Å². The van der Waals surface area contributed by atoms with E-state index in [1.165, 1.54) is 6.07 Å². The van der Waals surface area contributed by atoms with E-state index in [1.807, 2.05) is 32.9 Å². The predicted molar refractivity (Wildman–Crippen MR) is 77.8 cm³/mol. The molecular weight excluding hydrogens is 294 g/mol. The van der Waals surface area contributed by atoms with Crippen molar-refractivity contribution in [3.8, 4) is 0 Å². The van der Waals surface area contributed by atoms with E-state index in [-0.39, 0.29) is 46.2 Å². The first kappa shape index (κ1) is 18.2. The average Bonchev–Trinajstić information content (AvgIpc) is 2.37. The molecular formula is C16H15NaO3P+. The fraction of sp³-hybridized carbons (Fsp3) is 0.188. The molecule has 0 saturated carbocycles. The fourth-order valence-corrected chi connectivity index (χ4v) is 3.08. The summed E-state index contributed by atoms with van der Waals surface area (Å²) in [5.74, 6) is -0.241. The van der Waals surface area contributed by atoms with E-state index in [1.54, 1.807) is 18.2 Å². The molecule has 0 N–H and O–H groups in total. The zero-order valence-corrected chi connectivity index (χ0v) is 15.5. The van der Waals surface area contributed by atoms with Crippen LogP contribution in [0, 0.1) is 20.8 Å². The van der Waals surface area contributed by atoms with Crippen LogP contribution in [-0.4, -0.2) is 5.78 Å². The van der Waals surface area contributed by atoms with Crippen molar-refractivity contribution < 1.29 is 43.8 Å². The molecule has 0 aliphatic heterocycles. The molecule has 2 rings (SSSR count). The van der Waals surface area contributed by atoms with Crippen LogP contribution in [0.25, 0.3) is 0 Å². The van der Waals surface area contributed by atoms with Gasteiger partial charge >= 0.3 is 37.6 Å². The molecule has 0 radical (unpaired) electrons. The van der Waals surface area contributed by atoms with Crippen molar-refractivity contribution in [3.63, 3.8) is 0 Å². The molecule has 0 aliphatic carbocycles. The standard InChI is InChI=1S/C16H15O3P.Na/c1-10-8-11(2)15(12(3)9-10)16(17)13-6-4-5-7-14(13)20(18)19;/h4-9H,1-3H3;/q;+1. The molecule has 1 unspecified atom stereocenters. The molecule has 102 valence electrons. The van der Waals surface area contributed by atoms with E-state index in [0.717, 1.165) is 16.7 Å². The second-order valence-electron chi connectivity index (χ2n) is 4.88. The average molecular weight is 309 g/mol. The smallest absolute Gasteiger partial charge is 0.591 e. The van der Waals surface area contributed by atoms with Crippen LogP contribution in [0.3, 0.4) is 0 Å². The van der Waals surface area contributed by atoms with E-state index in [9.17, 15) is 14.3 Å². The normalized spacial score (nSPS) is 10.8. The summed E-state index contributed by atoms with van der Waals surface area (Å²) in [7, 11) is -2.79. The van der Waals surface area contributed by atoms with Crippen molar-refractivity contribution in [3.05, 3.63) is 64.2 Å². The molecule has 0 aromatic heterocycles. The van der Waals surface area contributed by atoms with Gasteiger partial charge in [0.25, 0.3) is 0 Å². The Morgan fingerprint density at radius 3 is 2.10 bits per heavy atom. The summed E-state index contributed by atoms with van der Waals surface area (Å²) < 4.78 is 11.3. The van der Waals surface area contributed by atoms with Crippen LogP contribution in [0.1, 0.15) is 32.6 Å². The first-order chi connectivity index (χ1) is 9.41. The second-order valence-corrected chi connectivity index (χ2v) is 5.87. The Kier molecular flexibility index (Phi) is 6.45. The number of rotatable bonds is 3. The van der Waals surface area contributed by atoms with E-state index in [2.05, 4.69) is 0 Å². The number of benzene rings is 2. The molecule has 3 nitrogen and oxygen atoms in total. The van der Waals surface area contributed by atoms with Gasteiger partial charge in [-0.15, -0.1) is 0 Å². The van der Waals surface area contributed by atoms with Crippen LogP contribution in [0.5, 0.6) is 0 Å². The number of carbonyl (C=O) groups is 1. The minimum atomic E-state index is -2.79. The minimum absolute atomic E-state index is 0. The van der Waals surface area contributed by atoms with Crippen molar-refractivity contribution in [1.29, 1.82) is 0 Å². The summed E-state index contributed by atoms with van der Waals surface area (Å²) in [6.45, 7) is 5.71. The van der Waals surface area contributed by atoms with Gasteiger partial charge in [0.2, 0.25) is 0 Å². The Morgan fingerprint density at radius 2 is 1.57 bits per heavy atom. The zero-order chi connectivity index (χ0) is 14.9. The molecule has 2 aromatic carbocycles. The van der Waals surface area contributed by atoms with Gasteiger partial charge in [-0.2, -0.15) is 0 Å². The SMILES string of the molecule is Cc1cc(C)c(C(=O)c2ccccc2[P+](=O)[O-])c(C)c1.[Na+]. The summed E-state index contributed by atoms with van der Waals surface area (Å²) in [6.07, 6.45) is 0. The van der Waals surface area contributed by atoms with Gasteiger partial charge in [-0.05, 0) is 44.0 Å². The summed E-state index contributed by atoms with van der Waals surface area (Å²) >= 11 is 0. The fourth-order valence-electron chi connectivity index (χ4n) is 2.50. The van der Waals surface area contributed by atoms with Crippen LogP contribution in [0.15, 0.2) is 36.4 Å². The quantitative estimate of drug-likeness (QED) is 0.439. The molecule has 2 aromatic rings. The van der Waals surface area contributed by atoms with Gasteiger partial charge in [0, 0.05) is 5.56 Å². The number of aryl methyl sites for hydroxylation is 3. The van der Waals surface area contributed by atoms with Gasteiger partial charge < -0.3 is 4.89 Å². The van der Waals surface area contributed by atoms with E-state index < -0.39 is 8.03 Å². The summed E-state index contributed by atoms with van der Waals surface area (Å²) in [6, 6.07) is 10.2. The first-order valence-electron chi connectivity index (χ1n) is 6.27. The van der Waals surface area contributed by atoms with Crippen molar-refractivity contribution in [2.75, 3.05) is 0 Å². The monoisotopic (exact) mass is 309 g/mol. The first-order valence-corrected chi connectivity index (χ1v) is 7.45. The molecule has 21 heavy (non-hydrogen) atoms. The third-order valence-corrected chi connectivity index (χ3v) is 4.03. The van der Waals surface area contributed by atoms with Crippen molar-refractivity contribution in [2.24, 2.45) is 0 Å². The Morgan fingerprint density at radius 1 is 1.05 bits per heavy atom. The number of carbonyl (C=O) groups excluding carboxylic acids is 1. The Hall–Kier alpha value is -0.830. The van der Waals surface area contributed by atoms with Crippen LogP contribution in [-0.2, 0) is 4.57 Å². The molecule has 0 amide bonds. The van der Waals surface area contributed by atoms with Crippen molar-refractivity contribution in [2.45, 2.75) is 20.8 Å². The molecule has 0 spiro atoms. The third kappa shape index (κ3) is 3.88. The Bertz CT molecular complexity index is 687. The van der Waals surface area contributed by atoms with Gasteiger partial charge in [0.1, 0.15) is 0 Å². The van der Waals surface area contributed by atoms with E-state index >= 15 is 0 Å². The van der Waals surface area contributed by atoms with Gasteiger partial charge in [-0.25, -0.2) is 0 Å². The third-order valence-electron chi connectivity index (χ3n) is 3.25. The number of hydrogen-bond donors (Lipinski definition) is 0. The minimum Gasteiger partial charge on any atom is -0.591 e. The summed E-state index contributed by atoms with van der Waals surface area (Å²) in [5, 5.41) is 0.0758. The van der Waals surface area contributed by atoms with Crippen molar-refractivity contribution in [1.82, 2.24) is 0 Å². The maximum atomic E-state index is 12.7. The van der Waals surface area contributed by atoms with Crippen molar-refractivity contribution >= 4 is 19.1 Å². The predicted octanol–water partition coefficient (Wildman–Crippen LogP) is -0.425. The van der Waals surface area contributed by atoms with Crippen LogP contribution in [0.4, 0.5) is 0 Å². The number of hydrogen-bond acceptors (Lipinski definition) is 3. The Labute approximate surface area is 147 Å². The maximum Gasteiger partial charge on any atom is 1.00 e. The van der Waals surface area contributed by atoms with Crippen LogP contribution < -0.4 is 39.8 Å². The molecule has 0 heterocycles. The maximum absolute atomic E-state index is 12.7. The summed E-state index contributed by atoms with van der Waals surface area (Å²) in [4.78, 5) is 23.9. The van der Waals surface area contributed by atoms with Gasteiger partial charge in [0.15, 0.2) is 11.1 Å². The molecule has 5 heteroatoms. The molecule has 1 atom stereocenters. The van der Waals surface area contributed by atoms with E-state index in [4.69, 9.17) is 0 Å². The number of ketones is 1. The largest absolute Gasteiger partial charge is 1.00 e. The van der Waals surface area contributed by atoms with Gasteiger partial charge in [-0.1, -0.05) is 34.4 Å².